The Labute approximate surface area is 102 Å². The van der Waals surface area contributed by atoms with Crippen molar-refractivity contribution in [2.45, 2.75) is 38.6 Å². The van der Waals surface area contributed by atoms with Crippen LogP contribution in [-0.2, 0) is 0 Å². The van der Waals surface area contributed by atoms with E-state index < -0.39 is 0 Å². The Bertz CT molecular complexity index is 387. The monoisotopic (exact) mass is 236 g/mol. The summed E-state index contributed by atoms with van der Waals surface area (Å²) in [7, 11) is 0. The molecule has 0 saturated heterocycles. The molecule has 1 aromatic heterocycles. The second-order valence-electron chi connectivity index (χ2n) is 4.83. The number of rotatable bonds is 3. The topological polar surface area (TPSA) is 68.3 Å². The molecule has 1 fully saturated rings. The minimum Gasteiger partial charge on any atom is -0.456 e. The average Bonchev–Trinajstić information content (AvgIpc) is 2.74. The predicted molar refractivity (Wildman–Crippen MR) is 65.7 cm³/mol. The van der Waals surface area contributed by atoms with Gasteiger partial charge in [0.2, 0.25) is 0 Å². The Hall–Kier alpha value is -1.29. The van der Waals surface area contributed by atoms with Crippen molar-refractivity contribution in [3.63, 3.8) is 0 Å². The quantitative estimate of drug-likeness (QED) is 0.841. The van der Waals surface area contributed by atoms with Crippen molar-refractivity contribution in [2.75, 3.05) is 6.54 Å². The maximum Gasteiger partial charge on any atom is 0.287 e. The lowest BCUT2D eigenvalue weighted by molar-refractivity contribution is 0.0912. The minimum atomic E-state index is -0.143. The first-order valence-corrected chi connectivity index (χ1v) is 6.27. The first-order valence-electron chi connectivity index (χ1n) is 6.27. The smallest absolute Gasteiger partial charge is 0.287 e. The van der Waals surface area contributed by atoms with Gasteiger partial charge in [-0.25, -0.2) is 0 Å². The van der Waals surface area contributed by atoms with Gasteiger partial charge in [0.25, 0.3) is 5.91 Å². The first-order chi connectivity index (χ1) is 8.16. The zero-order chi connectivity index (χ0) is 12.3. The lowest BCUT2D eigenvalue weighted by atomic mass is 9.85. The van der Waals surface area contributed by atoms with Gasteiger partial charge in [-0.3, -0.25) is 4.79 Å². The number of furan rings is 1. The predicted octanol–water partition coefficient (Wildman–Crippen LogP) is 1.84. The van der Waals surface area contributed by atoms with Gasteiger partial charge in [0.15, 0.2) is 5.76 Å². The molecule has 2 atom stereocenters. The Kier molecular flexibility index (Phi) is 3.84. The SMILES string of the molecule is Cc1ccc(C(=O)NCC2CCCCC2N)o1. The van der Waals surface area contributed by atoms with Crippen LogP contribution in [0.2, 0.25) is 0 Å². The third kappa shape index (κ3) is 3.09. The van der Waals surface area contributed by atoms with E-state index in [1.807, 2.05) is 6.92 Å². The molecule has 0 radical (unpaired) electrons. The van der Waals surface area contributed by atoms with Crippen LogP contribution in [0.4, 0.5) is 0 Å². The van der Waals surface area contributed by atoms with Crippen LogP contribution in [0.15, 0.2) is 16.5 Å². The number of carbonyl (C=O) groups is 1. The Morgan fingerprint density at radius 2 is 2.24 bits per heavy atom. The molecule has 94 valence electrons. The highest BCUT2D eigenvalue weighted by atomic mass is 16.3. The summed E-state index contributed by atoms with van der Waals surface area (Å²) >= 11 is 0. The maximum atomic E-state index is 11.8. The summed E-state index contributed by atoms with van der Waals surface area (Å²) in [5.74, 6) is 1.40. The number of hydrogen-bond acceptors (Lipinski definition) is 3. The average molecular weight is 236 g/mol. The van der Waals surface area contributed by atoms with Gasteiger partial charge in [0, 0.05) is 12.6 Å². The van der Waals surface area contributed by atoms with E-state index in [0.29, 0.717) is 18.2 Å². The number of amides is 1. The molecule has 1 amide bonds. The molecule has 0 spiro atoms. The van der Waals surface area contributed by atoms with Crippen molar-refractivity contribution < 1.29 is 9.21 Å². The van der Waals surface area contributed by atoms with Gasteiger partial charge >= 0.3 is 0 Å². The van der Waals surface area contributed by atoms with Crippen molar-refractivity contribution in [1.29, 1.82) is 0 Å². The molecule has 3 N–H and O–H groups in total. The molecular weight excluding hydrogens is 216 g/mol. The molecule has 1 aromatic rings. The standard InChI is InChI=1S/C13H20N2O2/c1-9-6-7-12(17-9)13(16)15-8-10-4-2-3-5-11(10)14/h6-7,10-11H,2-5,8,14H2,1H3,(H,15,16). The molecule has 17 heavy (non-hydrogen) atoms. The highest BCUT2D eigenvalue weighted by molar-refractivity contribution is 5.91. The van der Waals surface area contributed by atoms with Gasteiger partial charge in [0.1, 0.15) is 5.76 Å². The van der Waals surface area contributed by atoms with E-state index in [2.05, 4.69) is 5.32 Å². The van der Waals surface area contributed by atoms with Gasteiger partial charge in [-0.2, -0.15) is 0 Å². The minimum absolute atomic E-state index is 0.143. The summed E-state index contributed by atoms with van der Waals surface area (Å²) < 4.78 is 5.27. The summed E-state index contributed by atoms with van der Waals surface area (Å²) in [6.07, 6.45) is 4.61. The summed E-state index contributed by atoms with van der Waals surface area (Å²) in [5, 5.41) is 2.90. The van der Waals surface area contributed by atoms with Crippen molar-refractivity contribution in [2.24, 2.45) is 11.7 Å². The zero-order valence-electron chi connectivity index (χ0n) is 10.2. The van der Waals surface area contributed by atoms with Gasteiger partial charge in [-0.15, -0.1) is 0 Å². The zero-order valence-corrected chi connectivity index (χ0v) is 10.2. The van der Waals surface area contributed by atoms with Crippen LogP contribution in [0.25, 0.3) is 0 Å². The lowest BCUT2D eigenvalue weighted by Gasteiger charge is -2.28. The second kappa shape index (κ2) is 5.36. The maximum absolute atomic E-state index is 11.8. The van der Waals surface area contributed by atoms with Crippen LogP contribution < -0.4 is 11.1 Å². The number of aryl methyl sites for hydroxylation is 1. The fourth-order valence-corrected chi connectivity index (χ4v) is 2.36. The number of hydrogen-bond donors (Lipinski definition) is 2. The molecule has 0 aromatic carbocycles. The first kappa shape index (κ1) is 12.2. The van der Waals surface area contributed by atoms with E-state index in [0.717, 1.165) is 18.6 Å². The van der Waals surface area contributed by atoms with Crippen molar-refractivity contribution in [3.8, 4) is 0 Å². The van der Waals surface area contributed by atoms with Gasteiger partial charge in [-0.1, -0.05) is 12.8 Å². The highest BCUT2D eigenvalue weighted by Crippen LogP contribution is 2.22. The summed E-state index contributed by atoms with van der Waals surface area (Å²) in [4.78, 5) is 11.8. The van der Waals surface area contributed by atoms with E-state index in [9.17, 15) is 4.79 Å². The van der Waals surface area contributed by atoms with E-state index >= 15 is 0 Å². The van der Waals surface area contributed by atoms with Crippen LogP contribution in [0, 0.1) is 12.8 Å². The summed E-state index contributed by atoms with van der Waals surface area (Å²) in [5.41, 5.74) is 6.03. The molecule has 0 aliphatic heterocycles. The number of nitrogens with two attached hydrogens (primary N) is 1. The van der Waals surface area contributed by atoms with Gasteiger partial charge < -0.3 is 15.5 Å². The highest BCUT2D eigenvalue weighted by Gasteiger charge is 2.22. The van der Waals surface area contributed by atoms with Crippen LogP contribution in [-0.4, -0.2) is 18.5 Å². The molecule has 4 heteroatoms. The van der Waals surface area contributed by atoms with Crippen molar-refractivity contribution in [1.82, 2.24) is 5.32 Å². The molecule has 2 unspecified atom stereocenters. The fraction of sp³-hybridized carbons (Fsp3) is 0.615. The molecule has 1 aliphatic rings. The molecule has 1 saturated carbocycles. The van der Waals surface area contributed by atoms with E-state index in [1.54, 1.807) is 12.1 Å². The molecule has 1 heterocycles. The van der Waals surface area contributed by atoms with E-state index in [4.69, 9.17) is 10.2 Å². The van der Waals surface area contributed by atoms with Gasteiger partial charge in [0.05, 0.1) is 0 Å². The fourth-order valence-electron chi connectivity index (χ4n) is 2.36. The van der Waals surface area contributed by atoms with Gasteiger partial charge in [-0.05, 0) is 37.8 Å². The van der Waals surface area contributed by atoms with Crippen LogP contribution >= 0.6 is 0 Å². The molecular formula is C13H20N2O2. The van der Waals surface area contributed by atoms with Crippen molar-refractivity contribution in [3.05, 3.63) is 23.7 Å². The Balaban J connectivity index is 1.83. The van der Waals surface area contributed by atoms with Crippen LogP contribution in [0.1, 0.15) is 42.0 Å². The third-order valence-corrected chi connectivity index (χ3v) is 3.46. The lowest BCUT2D eigenvalue weighted by Crippen LogP contribution is -2.41. The third-order valence-electron chi connectivity index (χ3n) is 3.46. The van der Waals surface area contributed by atoms with Crippen molar-refractivity contribution >= 4 is 5.91 Å². The van der Waals surface area contributed by atoms with Crippen LogP contribution in [0.3, 0.4) is 0 Å². The number of nitrogens with one attached hydrogen (secondary N) is 1. The second-order valence-corrected chi connectivity index (χ2v) is 4.83. The van der Waals surface area contributed by atoms with E-state index in [1.165, 1.54) is 12.8 Å². The van der Waals surface area contributed by atoms with E-state index in [-0.39, 0.29) is 11.9 Å². The number of carbonyl (C=O) groups excluding carboxylic acids is 1. The summed E-state index contributed by atoms with van der Waals surface area (Å²) in [6.45, 7) is 2.48. The molecule has 2 rings (SSSR count). The molecule has 0 bridgehead atoms. The normalized spacial score (nSPS) is 24.6. The Morgan fingerprint density at radius 3 is 2.88 bits per heavy atom. The molecule has 1 aliphatic carbocycles. The van der Waals surface area contributed by atoms with Crippen LogP contribution in [0.5, 0.6) is 0 Å². The Morgan fingerprint density at radius 1 is 1.47 bits per heavy atom. The molecule has 4 nitrogen and oxygen atoms in total. The summed E-state index contributed by atoms with van der Waals surface area (Å²) in [6, 6.07) is 3.72. The largest absolute Gasteiger partial charge is 0.456 e.